The van der Waals surface area contributed by atoms with Crippen LogP contribution in [0.15, 0.2) is 24.3 Å². The van der Waals surface area contributed by atoms with E-state index in [-0.39, 0.29) is 5.78 Å². The number of hydrogen-bond donors (Lipinski definition) is 0. The van der Waals surface area contributed by atoms with Gasteiger partial charge in [0.2, 0.25) is 0 Å². The van der Waals surface area contributed by atoms with Crippen LogP contribution in [-0.4, -0.2) is 15.3 Å². The summed E-state index contributed by atoms with van der Waals surface area (Å²) in [7, 11) is 0. The van der Waals surface area contributed by atoms with Crippen LogP contribution in [0.25, 0.3) is 11.0 Å². The standard InChI is InChI=1S/C14H18N2O/c1-10(2)9-16-13-7-5-4-6-12(13)15-14(16)8-11(3)17/h4-7,10H,8-9H2,1-3H3. The third kappa shape index (κ3) is 2.54. The number of imidazole rings is 1. The summed E-state index contributed by atoms with van der Waals surface area (Å²) in [5.74, 6) is 1.58. The van der Waals surface area contributed by atoms with Crippen LogP contribution in [0.4, 0.5) is 0 Å². The maximum atomic E-state index is 11.3. The van der Waals surface area contributed by atoms with Crippen LogP contribution in [0.2, 0.25) is 0 Å². The molecular weight excluding hydrogens is 212 g/mol. The predicted molar refractivity (Wildman–Crippen MR) is 69.0 cm³/mol. The van der Waals surface area contributed by atoms with Gasteiger partial charge in [-0.1, -0.05) is 26.0 Å². The highest BCUT2D eigenvalue weighted by Crippen LogP contribution is 2.18. The SMILES string of the molecule is CC(=O)Cc1nc2ccccc2n1CC(C)C. The molecule has 0 fully saturated rings. The van der Waals surface area contributed by atoms with Crippen molar-refractivity contribution >= 4 is 16.8 Å². The summed E-state index contributed by atoms with van der Waals surface area (Å²) in [4.78, 5) is 15.8. The Labute approximate surface area is 101 Å². The van der Waals surface area contributed by atoms with Gasteiger partial charge >= 0.3 is 0 Å². The fraction of sp³-hybridized carbons (Fsp3) is 0.429. The monoisotopic (exact) mass is 230 g/mol. The first-order valence-corrected chi connectivity index (χ1v) is 6.01. The zero-order valence-corrected chi connectivity index (χ0v) is 10.6. The molecule has 0 aliphatic carbocycles. The summed E-state index contributed by atoms with van der Waals surface area (Å²) in [6.45, 7) is 6.86. The quantitative estimate of drug-likeness (QED) is 0.809. The van der Waals surface area contributed by atoms with Gasteiger partial charge in [0.25, 0.3) is 0 Å². The van der Waals surface area contributed by atoms with Crippen LogP contribution in [0, 0.1) is 5.92 Å². The minimum absolute atomic E-state index is 0.158. The fourth-order valence-corrected chi connectivity index (χ4v) is 2.05. The van der Waals surface area contributed by atoms with Gasteiger partial charge in [0, 0.05) is 6.54 Å². The van der Waals surface area contributed by atoms with E-state index in [1.54, 1.807) is 6.92 Å². The molecule has 0 N–H and O–H groups in total. The summed E-state index contributed by atoms with van der Waals surface area (Å²) in [6, 6.07) is 8.05. The van der Waals surface area contributed by atoms with Crippen molar-refractivity contribution in [1.82, 2.24) is 9.55 Å². The molecule has 0 amide bonds. The fourth-order valence-electron chi connectivity index (χ4n) is 2.05. The molecule has 0 radical (unpaired) electrons. The van der Waals surface area contributed by atoms with E-state index in [1.807, 2.05) is 18.2 Å². The second-order valence-electron chi connectivity index (χ2n) is 4.90. The van der Waals surface area contributed by atoms with Gasteiger partial charge in [-0.05, 0) is 25.0 Å². The molecule has 0 aliphatic heterocycles. The number of nitrogens with zero attached hydrogens (tertiary/aromatic N) is 2. The molecule has 90 valence electrons. The zero-order chi connectivity index (χ0) is 12.4. The van der Waals surface area contributed by atoms with Crippen LogP contribution in [-0.2, 0) is 17.8 Å². The van der Waals surface area contributed by atoms with Gasteiger partial charge < -0.3 is 4.57 Å². The summed E-state index contributed by atoms with van der Waals surface area (Å²) >= 11 is 0. The summed E-state index contributed by atoms with van der Waals surface area (Å²) in [6.07, 6.45) is 0.418. The van der Waals surface area contributed by atoms with Crippen molar-refractivity contribution in [2.75, 3.05) is 0 Å². The normalized spacial score (nSPS) is 11.3. The van der Waals surface area contributed by atoms with Crippen molar-refractivity contribution in [2.45, 2.75) is 33.7 Å². The number of carbonyl (C=O) groups is 1. The van der Waals surface area contributed by atoms with E-state index in [4.69, 9.17) is 0 Å². The van der Waals surface area contributed by atoms with Gasteiger partial charge in [0.05, 0.1) is 17.5 Å². The smallest absolute Gasteiger partial charge is 0.137 e. The number of ketones is 1. The number of fused-ring (bicyclic) bond motifs is 1. The van der Waals surface area contributed by atoms with Crippen LogP contribution in [0.5, 0.6) is 0 Å². The number of aromatic nitrogens is 2. The minimum Gasteiger partial charge on any atom is -0.327 e. The first-order chi connectivity index (χ1) is 8.08. The summed E-state index contributed by atoms with van der Waals surface area (Å²) in [5.41, 5.74) is 2.10. The molecule has 0 unspecified atom stereocenters. The van der Waals surface area contributed by atoms with Gasteiger partial charge in [-0.2, -0.15) is 0 Å². The van der Waals surface area contributed by atoms with Gasteiger partial charge in [0.1, 0.15) is 11.6 Å². The second-order valence-corrected chi connectivity index (χ2v) is 4.90. The molecule has 0 saturated heterocycles. The van der Waals surface area contributed by atoms with Crippen molar-refractivity contribution < 1.29 is 4.79 Å². The largest absolute Gasteiger partial charge is 0.327 e. The van der Waals surface area contributed by atoms with Crippen LogP contribution in [0.1, 0.15) is 26.6 Å². The van der Waals surface area contributed by atoms with Gasteiger partial charge in [-0.3, -0.25) is 4.79 Å². The van der Waals surface area contributed by atoms with Gasteiger partial charge in [-0.15, -0.1) is 0 Å². The summed E-state index contributed by atoms with van der Waals surface area (Å²) in [5, 5.41) is 0. The van der Waals surface area contributed by atoms with Crippen molar-refractivity contribution in [3.05, 3.63) is 30.1 Å². The van der Waals surface area contributed by atoms with Crippen molar-refractivity contribution in [2.24, 2.45) is 5.92 Å². The Balaban J connectivity index is 2.52. The summed E-state index contributed by atoms with van der Waals surface area (Å²) < 4.78 is 2.17. The molecule has 3 nitrogen and oxygen atoms in total. The Kier molecular flexibility index (Phi) is 3.27. The molecule has 1 aromatic heterocycles. The molecule has 2 rings (SSSR count). The number of rotatable bonds is 4. The first kappa shape index (κ1) is 11.8. The lowest BCUT2D eigenvalue weighted by atomic mass is 10.2. The molecule has 0 bridgehead atoms. The molecule has 0 atom stereocenters. The highest BCUT2D eigenvalue weighted by atomic mass is 16.1. The molecule has 1 aromatic carbocycles. The van der Waals surface area contributed by atoms with E-state index in [0.717, 1.165) is 23.4 Å². The van der Waals surface area contributed by atoms with Gasteiger partial charge in [-0.25, -0.2) is 4.98 Å². The number of Topliss-reactive ketones (excluding diaryl/α,β-unsaturated/α-hetero) is 1. The number of para-hydroxylation sites is 2. The van der Waals surface area contributed by atoms with Crippen molar-refractivity contribution in [3.8, 4) is 0 Å². The van der Waals surface area contributed by atoms with E-state index >= 15 is 0 Å². The third-order valence-electron chi connectivity index (χ3n) is 2.69. The van der Waals surface area contributed by atoms with E-state index < -0.39 is 0 Å². The number of hydrogen-bond acceptors (Lipinski definition) is 2. The molecule has 2 aromatic rings. The van der Waals surface area contributed by atoms with E-state index in [2.05, 4.69) is 29.5 Å². The maximum absolute atomic E-state index is 11.3. The average molecular weight is 230 g/mol. The molecule has 3 heteroatoms. The van der Waals surface area contributed by atoms with Crippen molar-refractivity contribution in [3.63, 3.8) is 0 Å². The lowest BCUT2D eigenvalue weighted by molar-refractivity contribution is -0.116. The Morgan fingerprint density at radius 2 is 2.06 bits per heavy atom. The van der Waals surface area contributed by atoms with E-state index in [1.165, 1.54) is 0 Å². The molecule has 0 aliphatic rings. The third-order valence-corrected chi connectivity index (χ3v) is 2.69. The van der Waals surface area contributed by atoms with Crippen LogP contribution in [0.3, 0.4) is 0 Å². The minimum atomic E-state index is 0.158. The van der Waals surface area contributed by atoms with Crippen LogP contribution < -0.4 is 0 Å². The molecule has 0 saturated carbocycles. The topological polar surface area (TPSA) is 34.9 Å². The first-order valence-electron chi connectivity index (χ1n) is 6.01. The second kappa shape index (κ2) is 4.70. The highest BCUT2D eigenvalue weighted by Gasteiger charge is 2.12. The predicted octanol–water partition coefficient (Wildman–Crippen LogP) is 2.82. The van der Waals surface area contributed by atoms with Crippen molar-refractivity contribution in [1.29, 1.82) is 0 Å². The lowest BCUT2D eigenvalue weighted by Crippen LogP contribution is -2.11. The zero-order valence-electron chi connectivity index (χ0n) is 10.6. The highest BCUT2D eigenvalue weighted by molar-refractivity contribution is 5.80. The molecule has 17 heavy (non-hydrogen) atoms. The Bertz CT molecular complexity index is 540. The average Bonchev–Trinajstić information content (AvgIpc) is 2.55. The molecule has 0 spiro atoms. The number of benzene rings is 1. The van der Waals surface area contributed by atoms with Crippen LogP contribution >= 0.6 is 0 Å². The van der Waals surface area contributed by atoms with E-state index in [0.29, 0.717) is 12.3 Å². The number of carbonyl (C=O) groups excluding carboxylic acids is 1. The Hall–Kier alpha value is -1.64. The Morgan fingerprint density at radius 1 is 1.35 bits per heavy atom. The Morgan fingerprint density at radius 3 is 2.71 bits per heavy atom. The van der Waals surface area contributed by atoms with E-state index in [9.17, 15) is 4.79 Å². The maximum Gasteiger partial charge on any atom is 0.137 e. The molecule has 1 heterocycles. The van der Waals surface area contributed by atoms with Gasteiger partial charge in [0.15, 0.2) is 0 Å². The lowest BCUT2D eigenvalue weighted by Gasteiger charge is -2.10. The molecular formula is C14H18N2O.